The second kappa shape index (κ2) is 6.31. The summed E-state index contributed by atoms with van der Waals surface area (Å²) < 4.78 is 0. The third-order valence-corrected chi connectivity index (χ3v) is 7.35. The van der Waals surface area contributed by atoms with Crippen LogP contribution in [0.1, 0.15) is 27.8 Å². The van der Waals surface area contributed by atoms with Crippen molar-refractivity contribution in [3.05, 3.63) is 143 Å². The zero-order chi connectivity index (χ0) is 21.3. The zero-order valence-electron chi connectivity index (χ0n) is 18.0. The van der Waals surface area contributed by atoms with Crippen LogP contribution >= 0.6 is 0 Å². The second-order valence-corrected chi connectivity index (χ2v) is 8.98. The van der Waals surface area contributed by atoms with Gasteiger partial charge in [-0.3, -0.25) is 0 Å². The lowest BCUT2D eigenvalue weighted by molar-refractivity contribution is 0.794. The van der Waals surface area contributed by atoms with E-state index in [0.717, 1.165) is 0 Å². The molecular formula is C32H22. The van der Waals surface area contributed by atoms with Crippen molar-refractivity contribution in [1.29, 1.82) is 0 Å². The first kappa shape index (κ1) is 17.7. The largest absolute Gasteiger partial charge is 0.0731 e. The average molecular weight is 407 g/mol. The number of benzene rings is 5. The minimum atomic E-state index is -0.295. The quantitative estimate of drug-likeness (QED) is 0.259. The third-order valence-electron chi connectivity index (χ3n) is 7.35. The number of hydrogen-bond donors (Lipinski definition) is 0. The number of fused-ring (bicyclic) bond motifs is 10. The van der Waals surface area contributed by atoms with Gasteiger partial charge in [0, 0.05) is 0 Å². The fourth-order valence-corrected chi connectivity index (χ4v) is 6.17. The monoisotopic (exact) mass is 406 g/mol. The Labute approximate surface area is 188 Å². The van der Waals surface area contributed by atoms with Gasteiger partial charge in [0.2, 0.25) is 0 Å². The lowest BCUT2D eigenvalue weighted by atomic mass is 9.68. The van der Waals surface area contributed by atoms with Crippen molar-refractivity contribution in [3.63, 3.8) is 0 Å². The summed E-state index contributed by atoms with van der Waals surface area (Å²) in [6.45, 7) is 2.21. The van der Waals surface area contributed by atoms with Crippen LogP contribution in [0, 0.1) is 6.92 Å². The summed E-state index contributed by atoms with van der Waals surface area (Å²) in [6, 6.07) is 42.7. The van der Waals surface area contributed by atoms with Gasteiger partial charge in [0.1, 0.15) is 0 Å². The molecule has 2 aliphatic rings. The van der Waals surface area contributed by atoms with Gasteiger partial charge in [-0.2, -0.15) is 0 Å². The van der Waals surface area contributed by atoms with E-state index in [0.29, 0.717) is 0 Å². The molecule has 5 aromatic carbocycles. The minimum Gasteiger partial charge on any atom is -0.0622 e. The van der Waals surface area contributed by atoms with Crippen LogP contribution in [0.5, 0.6) is 0 Å². The molecule has 150 valence electrons. The van der Waals surface area contributed by atoms with Gasteiger partial charge in [0.15, 0.2) is 0 Å². The van der Waals surface area contributed by atoms with Crippen molar-refractivity contribution >= 4 is 0 Å². The summed E-state index contributed by atoms with van der Waals surface area (Å²) in [5, 5.41) is 0. The maximum Gasteiger partial charge on any atom is 0.0731 e. The van der Waals surface area contributed by atoms with E-state index >= 15 is 0 Å². The van der Waals surface area contributed by atoms with Crippen LogP contribution in [0.15, 0.2) is 115 Å². The van der Waals surface area contributed by atoms with E-state index in [4.69, 9.17) is 0 Å². The summed E-state index contributed by atoms with van der Waals surface area (Å²) in [5.41, 5.74) is 14.6. The smallest absolute Gasteiger partial charge is 0.0622 e. The molecule has 0 bridgehead atoms. The lowest BCUT2D eigenvalue weighted by Gasteiger charge is -2.32. The van der Waals surface area contributed by atoms with Crippen LogP contribution in [-0.4, -0.2) is 0 Å². The topological polar surface area (TPSA) is 0 Å². The maximum absolute atomic E-state index is 2.42. The van der Waals surface area contributed by atoms with Gasteiger partial charge < -0.3 is 0 Å². The molecule has 1 spiro atoms. The highest BCUT2D eigenvalue weighted by Crippen LogP contribution is 2.64. The molecule has 0 radical (unpaired) electrons. The predicted molar refractivity (Wildman–Crippen MR) is 133 cm³/mol. The molecular weight excluding hydrogens is 384 g/mol. The Hall–Kier alpha value is -3.90. The van der Waals surface area contributed by atoms with Gasteiger partial charge in [0.25, 0.3) is 0 Å². The van der Waals surface area contributed by atoms with Crippen molar-refractivity contribution in [1.82, 2.24) is 0 Å². The Kier molecular flexibility index (Phi) is 3.50. The summed E-state index contributed by atoms with van der Waals surface area (Å²) >= 11 is 0. The fourth-order valence-electron chi connectivity index (χ4n) is 6.17. The van der Waals surface area contributed by atoms with Crippen LogP contribution in [-0.2, 0) is 5.41 Å². The molecule has 0 fully saturated rings. The van der Waals surface area contributed by atoms with Crippen LogP contribution < -0.4 is 0 Å². The number of hydrogen-bond acceptors (Lipinski definition) is 0. The Morgan fingerprint density at radius 1 is 0.438 bits per heavy atom. The highest BCUT2D eigenvalue weighted by Gasteiger charge is 2.52. The van der Waals surface area contributed by atoms with Gasteiger partial charge in [0.05, 0.1) is 5.41 Å². The molecule has 0 N–H and O–H groups in total. The standard InChI is InChI=1S/C32H22/c1-21-18-19-26-27-15-9-14-23(22-10-3-2-4-11-22)31(27)32(30(26)20-21)28-16-7-5-12-24(28)25-13-6-8-17-29(25)32/h2-20H,1H3. The minimum absolute atomic E-state index is 0.295. The van der Waals surface area contributed by atoms with Crippen LogP contribution in [0.4, 0.5) is 0 Å². The van der Waals surface area contributed by atoms with E-state index in [9.17, 15) is 0 Å². The normalized spacial score (nSPS) is 14.0. The molecule has 32 heavy (non-hydrogen) atoms. The van der Waals surface area contributed by atoms with Crippen molar-refractivity contribution in [2.75, 3.05) is 0 Å². The van der Waals surface area contributed by atoms with Gasteiger partial charge in [-0.15, -0.1) is 0 Å². The van der Waals surface area contributed by atoms with Crippen LogP contribution in [0.2, 0.25) is 0 Å². The van der Waals surface area contributed by atoms with E-state index in [2.05, 4.69) is 122 Å². The predicted octanol–water partition coefficient (Wildman–Crippen LogP) is 8.01. The highest BCUT2D eigenvalue weighted by atomic mass is 14.5. The van der Waals surface area contributed by atoms with Gasteiger partial charge in [-0.1, -0.05) is 121 Å². The SMILES string of the molecule is Cc1ccc2c(c1)C1(c3ccccc3-c3ccccc31)c1c(-c3ccccc3)cccc1-2. The molecule has 0 aromatic heterocycles. The number of rotatable bonds is 1. The van der Waals surface area contributed by atoms with Crippen molar-refractivity contribution in [2.45, 2.75) is 12.3 Å². The second-order valence-electron chi connectivity index (χ2n) is 8.98. The van der Waals surface area contributed by atoms with E-state index in [1.807, 2.05) is 0 Å². The molecule has 7 rings (SSSR count). The highest BCUT2D eigenvalue weighted by molar-refractivity contribution is 5.98. The van der Waals surface area contributed by atoms with E-state index in [1.54, 1.807) is 0 Å². The zero-order valence-corrected chi connectivity index (χ0v) is 18.0. The Morgan fingerprint density at radius 2 is 1.00 bits per heavy atom. The Bertz CT molecular complexity index is 1480. The summed E-state index contributed by atoms with van der Waals surface area (Å²) in [4.78, 5) is 0. The van der Waals surface area contributed by atoms with Crippen molar-refractivity contribution < 1.29 is 0 Å². The first-order chi connectivity index (χ1) is 15.8. The molecule has 2 aliphatic carbocycles. The van der Waals surface area contributed by atoms with Crippen LogP contribution in [0.3, 0.4) is 0 Å². The Balaban J connectivity index is 1.72. The molecule has 0 heterocycles. The molecule has 0 nitrogen and oxygen atoms in total. The molecule has 5 aromatic rings. The first-order valence-electron chi connectivity index (χ1n) is 11.3. The third kappa shape index (κ3) is 2.07. The average Bonchev–Trinajstić information content (AvgIpc) is 3.31. The molecule has 0 unspecified atom stereocenters. The van der Waals surface area contributed by atoms with Gasteiger partial charge in [-0.25, -0.2) is 0 Å². The fraction of sp³-hybridized carbons (Fsp3) is 0.0625. The summed E-state index contributed by atoms with van der Waals surface area (Å²) in [7, 11) is 0. The van der Waals surface area contributed by atoms with Gasteiger partial charge >= 0.3 is 0 Å². The van der Waals surface area contributed by atoms with Gasteiger partial charge in [-0.05, 0) is 62.6 Å². The van der Waals surface area contributed by atoms with E-state index < -0.39 is 0 Å². The Morgan fingerprint density at radius 3 is 1.72 bits per heavy atom. The molecule has 0 amide bonds. The molecule has 0 saturated heterocycles. The van der Waals surface area contributed by atoms with E-state index in [1.165, 1.54) is 61.2 Å². The molecule has 0 heteroatoms. The number of aryl methyl sites for hydroxylation is 1. The van der Waals surface area contributed by atoms with Crippen molar-refractivity contribution in [3.8, 4) is 33.4 Å². The van der Waals surface area contributed by atoms with Crippen LogP contribution in [0.25, 0.3) is 33.4 Å². The van der Waals surface area contributed by atoms with Crippen molar-refractivity contribution in [2.24, 2.45) is 0 Å². The molecule has 0 aliphatic heterocycles. The summed E-state index contributed by atoms with van der Waals surface area (Å²) in [5.74, 6) is 0. The lowest BCUT2D eigenvalue weighted by Crippen LogP contribution is -2.26. The summed E-state index contributed by atoms with van der Waals surface area (Å²) in [6.07, 6.45) is 0. The first-order valence-corrected chi connectivity index (χ1v) is 11.3. The molecule has 0 atom stereocenters. The molecule has 0 saturated carbocycles. The maximum atomic E-state index is 2.42. The van der Waals surface area contributed by atoms with E-state index in [-0.39, 0.29) is 5.41 Å².